The van der Waals surface area contributed by atoms with E-state index < -0.39 is 17.8 Å². The second-order valence-electron chi connectivity index (χ2n) is 6.71. The number of amides is 4. The third kappa shape index (κ3) is 3.65. The maximum atomic E-state index is 12.4. The minimum absolute atomic E-state index is 0.112. The van der Waals surface area contributed by atoms with Gasteiger partial charge in [0.05, 0.1) is 21.3 Å². The van der Waals surface area contributed by atoms with Crippen LogP contribution in [-0.4, -0.2) is 61.6 Å². The number of urea groups is 1. The maximum Gasteiger partial charge on any atom is 0.338 e. The molecule has 1 N–H and O–H groups in total. The second-order valence-corrected chi connectivity index (χ2v) is 6.71. The number of methoxy groups -OCH3 is 2. The fourth-order valence-corrected chi connectivity index (χ4v) is 2.98. The quantitative estimate of drug-likeness (QED) is 0.552. The van der Waals surface area contributed by atoms with Gasteiger partial charge in [0.1, 0.15) is 6.54 Å². The Bertz CT molecular complexity index is 732. The summed E-state index contributed by atoms with van der Waals surface area (Å²) in [5.41, 5.74) is 2.02. The van der Waals surface area contributed by atoms with Crippen LogP contribution in [0.15, 0.2) is 12.1 Å². The number of imide groups is 2. The lowest BCUT2D eigenvalue weighted by atomic mass is 10.1. The lowest BCUT2D eigenvalue weighted by Crippen LogP contribution is -3.09. The monoisotopic (exact) mass is 364 g/mol. The van der Waals surface area contributed by atoms with Crippen LogP contribution >= 0.6 is 0 Å². The van der Waals surface area contributed by atoms with Crippen LogP contribution in [0.3, 0.4) is 0 Å². The summed E-state index contributed by atoms with van der Waals surface area (Å²) in [7, 11) is 5.01. The third-order valence-corrected chi connectivity index (χ3v) is 4.36. The van der Waals surface area contributed by atoms with Gasteiger partial charge in [-0.15, -0.1) is 0 Å². The van der Waals surface area contributed by atoms with Crippen LogP contribution in [0.2, 0.25) is 0 Å². The van der Waals surface area contributed by atoms with Crippen molar-refractivity contribution in [1.82, 2.24) is 9.80 Å². The Morgan fingerprint density at radius 3 is 2.12 bits per heavy atom. The van der Waals surface area contributed by atoms with E-state index in [4.69, 9.17) is 9.47 Å². The number of aryl methyl sites for hydroxylation is 1. The standard InChI is InChI=1S/C18H25N3O5/c1-11(2)21-17(23)16(22)20(18(21)24)10-19(4)9-13-8-15(26-6)14(25-5)7-12(13)3/h7-8,11H,9-10H2,1-6H3/p+1. The van der Waals surface area contributed by atoms with Crippen molar-refractivity contribution in [2.75, 3.05) is 27.9 Å². The number of nitrogens with one attached hydrogen (secondary N) is 1. The van der Waals surface area contributed by atoms with Crippen LogP contribution in [0.1, 0.15) is 25.0 Å². The zero-order valence-electron chi connectivity index (χ0n) is 16.1. The first-order chi connectivity index (χ1) is 12.2. The summed E-state index contributed by atoms with van der Waals surface area (Å²) in [6.45, 7) is 6.03. The molecule has 1 heterocycles. The first-order valence-electron chi connectivity index (χ1n) is 8.43. The maximum absolute atomic E-state index is 12.4. The summed E-state index contributed by atoms with van der Waals surface area (Å²) in [6.07, 6.45) is 0. The molecule has 0 bridgehead atoms. The van der Waals surface area contributed by atoms with Gasteiger partial charge in [0.15, 0.2) is 18.2 Å². The molecule has 1 saturated heterocycles. The molecule has 0 spiro atoms. The molecule has 142 valence electrons. The minimum atomic E-state index is -0.771. The molecule has 8 nitrogen and oxygen atoms in total. The Morgan fingerprint density at radius 2 is 1.62 bits per heavy atom. The summed E-state index contributed by atoms with van der Waals surface area (Å²) >= 11 is 0. The van der Waals surface area contributed by atoms with E-state index in [0.29, 0.717) is 18.0 Å². The SMILES string of the molecule is COc1cc(C)c(C[NH+](C)CN2C(=O)C(=O)N(C(C)C)C2=O)cc1OC. The molecule has 0 aromatic heterocycles. The highest BCUT2D eigenvalue weighted by molar-refractivity contribution is 6.44. The van der Waals surface area contributed by atoms with E-state index in [1.165, 1.54) is 0 Å². The van der Waals surface area contributed by atoms with Crippen LogP contribution < -0.4 is 14.4 Å². The first-order valence-corrected chi connectivity index (χ1v) is 8.43. The molecule has 1 aromatic rings. The highest BCUT2D eigenvalue weighted by atomic mass is 16.5. The Kier molecular flexibility index (Phi) is 5.86. The number of benzene rings is 1. The molecule has 1 aliphatic heterocycles. The van der Waals surface area contributed by atoms with Crippen LogP contribution in [0.5, 0.6) is 11.5 Å². The molecule has 1 aliphatic rings. The Morgan fingerprint density at radius 1 is 1.04 bits per heavy atom. The van der Waals surface area contributed by atoms with E-state index in [1.807, 2.05) is 26.1 Å². The molecule has 4 amide bonds. The summed E-state index contributed by atoms with van der Waals surface area (Å²) in [5.74, 6) is -0.267. The number of carbonyl (C=O) groups is 3. The van der Waals surface area contributed by atoms with Gasteiger partial charge in [-0.25, -0.2) is 9.69 Å². The highest BCUT2D eigenvalue weighted by Gasteiger charge is 2.46. The predicted octanol–water partition coefficient (Wildman–Crippen LogP) is 0.184. The largest absolute Gasteiger partial charge is 0.493 e. The molecule has 1 atom stereocenters. The second kappa shape index (κ2) is 7.74. The van der Waals surface area contributed by atoms with E-state index in [-0.39, 0.29) is 12.7 Å². The zero-order valence-corrected chi connectivity index (χ0v) is 16.1. The van der Waals surface area contributed by atoms with E-state index in [0.717, 1.165) is 25.8 Å². The fraction of sp³-hybridized carbons (Fsp3) is 0.500. The number of rotatable bonds is 7. The topological polar surface area (TPSA) is 80.6 Å². The lowest BCUT2D eigenvalue weighted by Gasteiger charge is -2.22. The van der Waals surface area contributed by atoms with Crippen molar-refractivity contribution in [2.45, 2.75) is 33.4 Å². The number of carbonyl (C=O) groups excluding carboxylic acids is 3. The molecule has 1 aromatic carbocycles. The molecular weight excluding hydrogens is 338 g/mol. The van der Waals surface area contributed by atoms with Crippen molar-refractivity contribution in [2.24, 2.45) is 0 Å². The predicted molar refractivity (Wildman–Crippen MR) is 94.0 cm³/mol. The number of hydrogen-bond acceptors (Lipinski definition) is 5. The van der Waals surface area contributed by atoms with E-state index in [2.05, 4.69) is 0 Å². The van der Waals surface area contributed by atoms with Crippen molar-refractivity contribution < 1.29 is 28.8 Å². The van der Waals surface area contributed by atoms with Gasteiger partial charge in [0.2, 0.25) is 0 Å². The number of hydrogen-bond donors (Lipinski definition) is 1. The minimum Gasteiger partial charge on any atom is -0.493 e. The van der Waals surface area contributed by atoms with Crippen molar-refractivity contribution in [3.05, 3.63) is 23.3 Å². The lowest BCUT2D eigenvalue weighted by molar-refractivity contribution is -0.901. The van der Waals surface area contributed by atoms with Crippen molar-refractivity contribution >= 4 is 17.8 Å². The smallest absolute Gasteiger partial charge is 0.338 e. The average Bonchev–Trinajstić information content (AvgIpc) is 2.79. The number of quaternary nitrogens is 1. The third-order valence-electron chi connectivity index (χ3n) is 4.36. The molecule has 1 fully saturated rings. The van der Waals surface area contributed by atoms with Gasteiger partial charge >= 0.3 is 17.8 Å². The van der Waals surface area contributed by atoms with Crippen LogP contribution in [0.4, 0.5) is 4.79 Å². The fourth-order valence-electron chi connectivity index (χ4n) is 2.98. The molecule has 0 saturated carbocycles. The van der Waals surface area contributed by atoms with Gasteiger partial charge in [-0.2, -0.15) is 0 Å². The molecule has 2 rings (SSSR count). The van der Waals surface area contributed by atoms with Crippen molar-refractivity contribution in [3.63, 3.8) is 0 Å². The summed E-state index contributed by atoms with van der Waals surface area (Å²) in [4.78, 5) is 39.4. The van der Waals surface area contributed by atoms with E-state index >= 15 is 0 Å². The Hall–Kier alpha value is -2.61. The normalized spacial score (nSPS) is 15.9. The zero-order chi connectivity index (χ0) is 19.6. The molecule has 0 radical (unpaired) electrons. The van der Waals surface area contributed by atoms with Crippen molar-refractivity contribution in [1.29, 1.82) is 0 Å². The van der Waals surface area contributed by atoms with Gasteiger partial charge in [-0.3, -0.25) is 14.5 Å². The van der Waals surface area contributed by atoms with Gasteiger partial charge < -0.3 is 14.4 Å². The Labute approximate surface area is 153 Å². The summed E-state index contributed by atoms with van der Waals surface area (Å²) in [5, 5.41) is 0. The molecule has 1 unspecified atom stereocenters. The molecular formula is C18H26N3O5+. The average molecular weight is 364 g/mol. The summed E-state index contributed by atoms with van der Waals surface area (Å²) < 4.78 is 10.6. The van der Waals surface area contributed by atoms with E-state index in [1.54, 1.807) is 28.1 Å². The number of ether oxygens (including phenoxy) is 2. The van der Waals surface area contributed by atoms with Crippen molar-refractivity contribution in [3.8, 4) is 11.5 Å². The molecule has 8 heteroatoms. The van der Waals surface area contributed by atoms with E-state index in [9.17, 15) is 14.4 Å². The number of nitrogens with zero attached hydrogens (tertiary/aromatic N) is 2. The van der Waals surface area contributed by atoms with Crippen LogP contribution in [0.25, 0.3) is 0 Å². The highest BCUT2D eigenvalue weighted by Crippen LogP contribution is 2.29. The van der Waals surface area contributed by atoms with Gasteiger partial charge in [-0.1, -0.05) is 0 Å². The first kappa shape index (κ1) is 19.7. The van der Waals surface area contributed by atoms with Gasteiger partial charge in [-0.05, 0) is 38.5 Å². The van der Waals surface area contributed by atoms with Gasteiger partial charge in [0.25, 0.3) is 0 Å². The van der Waals surface area contributed by atoms with Crippen LogP contribution in [-0.2, 0) is 16.1 Å². The summed E-state index contributed by atoms with van der Waals surface area (Å²) in [6, 6.07) is 2.87. The van der Waals surface area contributed by atoms with Gasteiger partial charge in [0, 0.05) is 11.6 Å². The Balaban J connectivity index is 2.14. The molecule has 0 aliphatic carbocycles. The van der Waals surface area contributed by atoms with Crippen LogP contribution in [0, 0.1) is 6.92 Å². The molecule has 26 heavy (non-hydrogen) atoms.